The van der Waals surface area contributed by atoms with Crippen molar-refractivity contribution in [1.29, 1.82) is 0 Å². The molecule has 1 nitrogen and oxygen atoms in total. The van der Waals surface area contributed by atoms with Gasteiger partial charge in [0.15, 0.2) is 0 Å². The van der Waals surface area contributed by atoms with Gasteiger partial charge in [0.1, 0.15) is 0 Å². The lowest BCUT2D eigenvalue weighted by Crippen LogP contribution is -2.50. The first-order chi connectivity index (χ1) is 11.5. The van der Waals surface area contributed by atoms with Crippen molar-refractivity contribution in [2.75, 3.05) is 0 Å². The molecule has 0 radical (unpaired) electrons. The second-order valence-corrected chi connectivity index (χ2v) is 10.5. The molecule has 4 rings (SSSR count). The van der Waals surface area contributed by atoms with Crippen LogP contribution in [0, 0.1) is 46.8 Å². The molecule has 0 heterocycles. The molecular weight excluding hydrogens is 290 g/mol. The predicted molar refractivity (Wildman–Crippen MR) is 103 cm³/mol. The third-order valence-corrected chi connectivity index (χ3v) is 9.47. The van der Waals surface area contributed by atoms with Gasteiger partial charge in [0, 0.05) is 6.04 Å². The van der Waals surface area contributed by atoms with Crippen molar-refractivity contribution in [2.24, 2.45) is 52.6 Å². The minimum Gasteiger partial charge on any atom is -0.328 e. The quantitative estimate of drug-likeness (QED) is 0.672. The normalized spacial score (nSPS) is 52.2. The van der Waals surface area contributed by atoms with E-state index in [1.807, 2.05) is 0 Å². The molecule has 24 heavy (non-hydrogen) atoms. The summed E-state index contributed by atoms with van der Waals surface area (Å²) >= 11 is 0. The molecule has 0 aliphatic heterocycles. The van der Waals surface area contributed by atoms with E-state index >= 15 is 0 Å². The number of hydrogen-bond acceptors (Lipinski definition) is 1. The van der Waals surface area contributed by atoms with Crippen LogP contribution in [0.15, 0.2) is 0 Å². The number of hydrogen-bond donors (Lipinski definition) is 1. The Hall–Kier alpha value is -0.0400. The maximum absolute atomic E-state index is 6.41. The van der Waals surface area contributed by atoms with Gasteiger partial charge in [0.05, 0.1) is 0 Å². The summed E-state index contributed by atoms with van der Waals surface area (Å²) in [6, 6.07) is 0.400. The van der Waals surface area contributed by atoms with Gasteiger partial charge in [-0.15, -0.1) is 0 Å². The van der Waals surface area contributed by atoms with Gasteiger partial charge in [-0.05, 0) is 105 Å². The third-order valence-electron chi connectivity index (χ3n) is 9.47. The van der Waals surface area contributed by atoms with Crippen LogP contribution in [0.3, 0.4) is 0 Å². The zero-order chi connectivity index (χ0) is 16.9. The summed E-state index contributed by atoms with van der Waals surface area (Å²) in [5, 5.41) is 0. The lowest BCUT2D eigenvalue weighted by molar-refractivity contribution is -0.0702. The number of rotatable bonds is 3. The monoisotopic (exact) mass is 331 g/mol. The molecule has 9 atom stereocenters. The van der Waals surface area contributed by atoms with Gasteiger partial charge in [-0.25, -0.2) is 0 Å². The van der Waals surface area contributed by atoms with Crippen molar-refractivity contribution >= 4 is 0 Å². The molecule has 0 saturated heterocycles. The molecule has 8 unspecified atom stereocenters. The summed E-state index contributed by atoms with van der Waals surface area (Å²) < 4.78 is 0. The van der Waals surface area contributed by atoms with Crippen LogP contribution in [0.25, 0.3) is 0 Å². The fraction of sp³-hybridized carbons (Fsp3) is 1.00. The Morgan fingerprint density at radius 3 is 2.50 bits per heavy atom. The molecule has 1 heteroatoms. The predicted octanol–water partition coefficient (Wildman–Crippen LogP) is 6.02. The molecule has 0 bridgehead atoms. The molecule has 4 saturated carbocycles. The van der Waals surface area contributed by atoms with Crippen LogP contribution in [0.4, 0.5) is 0 Å². The van der Waals surface area contributed by atoms with Crippen molar-refractivity contribution in [1.82, 2.24) is 0 Å². The fourth-order valence-electron chi connectivity index (χ4n) is 8.53. The molecule has 2 N–H and O–H groups in total. The van der Waals surface area contributed by atoms with Crippen molar-refractivity contribution in [3.05, 3.63) is 0 Å². The first-order valence-electron chi connectivity index (χ1n) is 11.3. The van der Waals surface area contributed by atoms with Crippen LogP contribution in [0.1, 0.15) is 91.4 Å². The van der Waals surface area contributed by atoms with Crippen LogP contribution in [0.2, 0.25) is 0 Å². The van der Waals surface area contributed by atoms with Gasteiger partial charge >= 0.3 is 0 Å². The summed E-state index contributed by atoms with van der Waals surface area (Å²) in [6.07, 6.45) is 16.6. The van der Waals surface area contributed by atoms with E-state index in [1.54, 1.807) is 32.1 Å². The average Bonchev–Trinajstić information content (AvgIpc) is 2.92. The zero-order valence-corrected chi connectivity index (χ0v) is 16.5. The highest BCUT2D eigenvalue weighted by atomic mass is 14.7. The van der Waals surface area contributed by atoms with E-state index in [4.69, 9.17) is 5.73 Å². The van der Waals surface area contributed by atoms with Crippen molar-refractivity contribution in [2.45, 2.75) is 97.4 Å². The minimum absolute atomic E-state index is 0.400. The summed E-state index contributed by atoms with van der Waals surface area (Å²) in [4.78, 5) is 0. The zero-order valence-electron chi connectivity index (χ0n) is 16.5. The second-order valence-electron chi connectivity index (χ2n) is 10.5. The molecule has 4 aliphatic rings. The smallest absolute Gasteiger partial charge is 0.00440 e. The Balaban J connectivity index is 1.48. The Morgan fingerprint density at radius 2 is 1.75 bits per heavy atom. The summed E-state index contributed by atoms with van der Waals surface area (Å²) in [5.74, 6) is 7.17. The van der Waals surface area contributed by atoms with Crippen molar-refractivity contribution in [3.63, 3.8) is 0 Å². The summed E-state index contributed by atoms with van der Waals surface area (Å²) in [5.41, 5.74) is 6.98. The van der Waals surface area contributed by atoms with E-state index in [0.29, 0.717) is 11.5 Å². The van der Waals surface area contributed by atoms with Crippen LogP contribution >= 0.6 is 0 Å². The first-order valence-corrected chi connectivity index (χ1v) is 11.3. The Kier molecular flexibility index (Phi) is 4.78. The third kappa shape index (κ3) is 2.68. The molecule has 4 fully saturated rings. The number of nitrogens with two attached hydrogens (primary N) is 1. The molecule has 138 valence electrons. The Labute approximate surface area is 150 Å². The second kappa shape index (κ2) is 6.60. The lowest BCUT2D eigenvalue weighted by atomic mass is 9.49. The number of fused-ring (bicyclic) bond motifs is 5. The van der Waals surface area contributed by atoms with Crippen LogP contribution in [-0.2, 0) is 0 Å². The van der Waals surface area contributed by atoms with E-state index < -0.39 is 0 Å². The van der Waals surface area contributed by atoms with E-state index in [2.05, 4.69) is 20.8 Å². The summed E-state index contributed by atoms with van der Waals surface area (Å²) in [6.45, 7) is 7.27. The molecule has 4 aliphatic carbocycles. The van der Waals surface area contributed by atoms with E-state index in [9.17, 15) is 0 Å². The van der Waals surface area contributed by atoms with Gasteiger partial charge in [0.25, 0.3) is 0 Å². The van der Waals surface area contributed by atoms with Crippen LogP contribution < -0.4 is 5.73 Å². The van der Waals surface area contributed by atoms with Crippen LogP contribution in [-0.4, -0.2) is 6.04 Å². The summed E-state index contributed by atoms with van der Waals surface area (Å²) in [7, 11) is 0. The molecule has 0 aromatic heterocycles. The molecular formula is C23H41N. The molecule has 0 aromatic rings. The van der Waals surface area contributed by atoms with E-state index in [1.165, 1.54) is 38.5 Å². The van der Waals surface area contributed by atoms with E-state index in [-0.39, 0.29) is 0 Å². The molecule has 0 amide bonds. The Morgan fingerprint density at radius 1 is 0.958 bits per heavy atom. The first kappa shape index (κ1) is 17.4. The average molecular weight is 332 g/mol. The topological polar surface area (TPSA) is 26.0 Å². The standard InChI is InChI=1S/C23H41N/c1-4-5-16-6-8-18-17(14-16)7-9-20-19(18)12-13-23(3)21(15(2)24)10-11-22(20)23/h15-22H,4-14,24H2,1-3H3/t15?,16-,17?,18?,19?,20?,21?,22?,23?/m0/s1. The highest BCUT2D eigenvalue weighted by Gasteiger charge is 2.57. The van der Waals surface area contributed by atoms with Gasteiger partial charge in [-0.3, -0.25) is 0 Å². The highest BCUT2D eigenvalue weighted by Crippen LogP contribution is 2.64. The SMILES string of the molecule is CCC[C@H]1CCC2C(CCC3C2CCC2(C)C(C(C)N)CCC32)C1. The van der Waals surface area contributed by atoms with Crippen LogP contribution in [0.5, 0.6) is 0 Å². The maximum atomic E-state index is 6.41. The largest absolute Gasteiger partial charge is 0.328 e. The fourth-order valence-corrected chi connectivity index (χ4v) is 8.53. The van der Waals surface area contributed by atoms with Gasteiger partial charge in [-0.2, -0.15) is 0 Å². The molecule has 0 spiro atoms. The van der Waals surface area contributed by atoms with Gasteiger partial charge in [-0.1, -0.05) is 33.1 Å². The van der Waals surface area contributed by atoms with E-state index in [0.717, 1.165) is 41.4 Å². The highest BCUT2D eigenvalue weighted by molar-refractivity contribution is 5.07. The maximum Gasteiger partial charge on any atom is 0.00440 e. The van der Waals surface area contributed by atoms with Gasteiger partial charge in [0.2, 0.25) is 0 Å². The van der Waals surface area contributed by atoms with Gasteiger partial charge < -0.3 is 5.73 Å². The van der Waals surface area contributed by atoms with Crippen molar-refractivity contribution in [3.8, 4) is 0 Å². The molecule has 0 aromatic carbocycles. The Bertz CT molecular complexity index is 443. The van der Waals surface area contributed by atoms with Crippen molar-refractivity contribution < 1.29 is 0 Å². The lowest BCUT2D eigenvalue weighted by Gasteiger charge is -2.56. The minimum atomic E-state index is 0.400.